The van der Waals surface area contributed by atoms with Crippen molar-refractivity contribution in [1.82, 2.24) is 24.0 Å². The molecule has 0 radical (unpaired) electrons. The fraction of sp³-hybridized carbons (Fsp3) is 0.200. The van der Waals surface area contributed by atoms with Gasteiger partial charge in [0.2, 0.25) is 0 Å². The summed E-state index contributed by atoms with van der Waals surface area (Å²) < 4.78 is 69.6. The molecule has 7 nitrogen and oxygen atoms in total. The highest BCUT2D eigenvalue weighted by Gasteiger charge is 2.65. The predicted molar refractivity (Wildman–Crippen MR) is 133 cm³/mol. The number of imidazole rings is 1. The van der Waals surface area contributed by atoms with E-state index in [1.807, 2.05) is 0 Å². The van der Waals surface area contributed by atoms with Gasteiger partial charge in [-0.2, -0.15) is 0 Å². The average molecular weight is 552 g/mol. The lowest BCUT2D eigenvalue weighted by molar-refractivity contribution is 0.0624. The van der Waals surface area contributed by atoms with Crippen LogP contribution in [-0.4, -0.2) is 36.5 Å². The van der Waals surface area contributed by atoms with Crippen LogP contribution in [0.4, 0.5) is 19.4 Å². The van der Waals surface area contributed by atoms with Gasteiger partial charge in [0.25, 0.3) is 11.5 Å². The summed E-state index contributed by atoms with van der Waals surface area (Å²) in [6.07, 6.45) is 3.22. The number of halogens is 5. The van der Waals surface area contributed by atoms with Crippen molar-refractivity contribution in [3.8, 4) is 16.9 Å². The van der Waals surface area contributed by atoms with E-state index in [2.05, 4.69) is 9.97 Å². The maximum absolute atomic E-state index is 13.3. The number of amides is 1. The summed E-state index contributed by atoms with van der Waals surface area (Å²) in [6.45, 7) is 3.90. The van der Waals surface area contributed by atoms with E-state index in [9.17, 15) is 29.0 Å². The molecule has 0 spiro atoms. The summed E-state index contributed by atoms with van der Waals surface area (Å²) in [6, 6.07) is 9.92. The maximum Gasteiger partial charge on any atom is 0.310 e. The quantitative estimate of drug-likeness (QED) is 0.274. The molecule has 1 aromatic carbocycles. The lowest BCUT2D eigenvalue weighted by Gasteiger charge is -2.40. The standard InChI is InChI=1S/C25H22F5N5O2S/c1-16-14-33(15-31-16)22-9-10-23-25(37)34(11-12-35(23)24(22)36)17(2)20-7-4-8-21(32-20)18-5-3-6-19(13-18)38(26,27,28,29)30/h3-10,13-15,17H,11-12H2,1-2H3/t17-/m0/s1. The summed E-state index contributed by atoms with van der Waals surface area (Å²) in [5.74, 6) is -0.413. The van der Waals surface area contributed by atoms with Gasteiger partial charge in [-0.25, -0.2) is 4.98 Å². The Morgan fingerprint density at radius 3 is 2.37 bits per heavy atom. The van der Waals surface area contributed by atoms with E-state index in [4.69, 9.17) is 0 Å². The molecular formula is C25H22F5N5O2S. The molecule has 1 amide bonds. The van der Waals surface area contributed by atoms with E-state index < -0.39 is 27.1 Å². The molecule has 4 heterocycles. The van der Waals surface area contributed by atoms with E-state index in [1.165, 1.54) is 34.0 Å². The Morgan fingerprint density at radius 2 is 1.68 bits per heavy atom. The molecule has 0 fully saturated rings. The number of nitrogens with zero attached hydrogens (tertiary/aromatic N) is 5. The first-order chi connectivity index (χ1) is 17.6. The molecule has 1 aliphatic rings. The summed E-state index contributed by atoms with van der Waals surface area (Å²) in [4.78, 5) is 34.4. The molecule has 38 heavy (non-hydrogen) atoms. The molecule has 5 rings (SSSR count). The smallest absolute Gasteiger partial charge is 0.310 e. The first-order valence-corrected chi connectivity index (χ1v) is 13.4. The molecule has 1 atom stereocenters. The predicted octanol–water partition coefficient (Wildman–Crippen LogP) is 6.28. The second-order valence-electron chi connectivity index (χ2n) is 9.10. The number of pyridine rings is 2. The van der Waals surface area contributed by atoms with Crippen LogP contribution in [0.5, 0.6) is 0 Å². The van der Waals surface area contributed by atoms with Gasteiger partial charge in [0, 0.05) is 24.8 Å². The van der Waals surface area contributed by atoms with Crippen LogP contribution in [0.15, 0.2) is 76.8 Å². The van der Waals surface area contributed by atoms with Crippen molar-refractivity contribution >= 4 is 16.1 Å². The number of rotatable bonds is 5. The number of benzene rings is 1. The van der Waals surface area contributed by atoms with Crippen LogP contribution in [0.3, 0.4) is 0 Å². The minimum atomic E-state index is -9.86. The van der Waals surface area contributed by atoms with Crippen LogP contribution in [-0.2, 0) is 6.54 Å². The van der Waals surface area contributed by atoms with Crippen LogP contribution < -0.4 is 5.56 Å². The topological polar surface area (TPSA) is 73.0 Å². The zero-order valence-corrected chi connectivity index (χ0v) is 21.0. The first kappa shape index (κ1) is 25.6. The summed E-state index contributed by atoms with van der Waals surface area (Å²) in [7, 11) is -9.86. The van der Waals surface area contributed by atoms with Crippen molar-refractivity contribution < 1.29 is 24.2 Å². The zero-order valence-electron chi connectivity index (χ0n) is 20.2. The number of aromatic nitrogens is 4. The highest BCUT2D eigenvalue weighted by molar-refractivity contribution is 8.45. The van der Waals surface area contributed by atoms with Crippen molar-refractivity contribution in [1.29, 1.82) is 0 Å². The Kier molecular flexibility index (Phi) is 5.40. The van der Waals surface area contributed by atoms with Gasteiger partial charge in [-0.3, -0.25) is 14.6 Å². The summed E-state index contributed by atoms with van der Waals surface area (Å²) >= 11 is 0. The molecule has 3 aromatic heterocycles. The third kappa shape index (κ3) is 4.69. The molecule has 0 saturated carbocycles. The average Bonchev–Trinajstić information content (AvgIpc) is 3.29. The molecule has 0 unspecified atom stereocenters. The third-order valence-corrected chi connectivity index (χ3v) is 7.57. The second-order valence-corrected chi connectivity index (χ2v) is 11.5. The van der Waals surface area contributed by atoms with Crippen molar-refractivity contribution in [2.45, 2.75) is 31.3 Å². The van der Waals surface area contributed by atoms with Gasteiger partial charge in [-0.05, 0) is 50.2 Å². The van der Waals surface area contributed by atoms with E-state index in [0.29, 0.717) is 23.5 Å². The lowest BCUT2D eigenvalue weighted by atomic mass is 10.1. The monoisotopic (exact) mass is 551 g/mol. The first-order valence-electron chi connectivity index (χ1n) is 11.5. The molecule has 13 heteroatoms. The maximum atomic E-state index is 13.3. The second kappa shape index (κ2) is 8.00. The largest absolute Gasteiger partial charge is 0.327 e. The van der Waals surface area contributed by atoms with Crippen molar-refractivity contribution in [3.63, 3.8) is 0 Å². The van der Waals surface area contributed by atoms with Crippen LogP contribution in [0.25, 0.3) is 16.9 Å². The van der Waals surface area contributed by atoms with Gasteiger partial charge in [0.1, 0.15) is 16.3 Å². The molecule has 4 aromatic rings. The molecule has 0 N–H and O–H groups in total. The highest BCUT2D eigenvalue weighted by Crippen LogP contribution is 3.02. The number of hydrogen-bond donors (Lipinski definition) is 0. The van der Waals surface area contributed by atoms with E-state index in [-0.39, 0.29) is 35.6 Å². The molecular weight excluding hydrogens is 529 g/mol. The van der Waals surface area contributed by atoms with Gasteiger partial charge < -0.3 is 14.0 Å². The van der Waals surface area contributed by atoms with Crippen molar-refractivity contribution in [2.24, 2.45) is 0 Å². The summed E-state index contributed by atoms with van der Waals surface area (Å²) in [5.41, 5.74) is 1.21. The van der Waals surface area contributed by atoms with Gasteiger partial charge in [0.15, 0.2) is 0 Å². The summed E-state index contributed by atoms with van der Waals surface area (Å²) in [5, 5.41) is 0. The van der Waals surface area contributed by atoms with Crippen molar-refractivity contribution in [2.75, 3.05) is 6.54 Å². The minimum Gasteiger partial charge on any atom is -0.327 e. The molecule has 1 aliphatic heterocycles. The van der Waals surface area contributed by atoms with Crippen molar-refractivity contribution in [3.05, 3.63) is 94.6 Å². The molecule has 0 saturated heterocycles. The number of carbonyl (C=O) groups is 1. The SMILES string of the molecule is Cc1cn(-c2ccc3n(c2=O)CCN([C@@H](C)c2cccc(-c4cccc(S(F)(F)(F)(F)F)c4)n2)C3=O)cn1. The number of carbonyl (C=O) groups excluding carboxylic acids is 1. The number of fused-ring (bicyclic) bond motifs is 1. The van der Waals surface area contributed by atoms with Crippen LogP contribution in [0.1, 0.15) is 34.8 Å². The van der Waals surface area contributed by atoms with Gasteiger partial charge in [-0.1, -0.05) is 37.6 Å². The minimum absolute atomic E-state index is 0.0550. The van der Waals surface area contributed by atoms with Gasteiger partial charge in [-0.15, -0.1) is 0 Å². The van der Waals surface area contributed by atoms with Gasteiger partial charge in [0.05, 0.1) is 29.5 Å². The lowest BCUT2D eigenvalue weighted by Crippen LogP contribution is -2.46. The Balaban J connectivity index is 1.44. The number of hydrogen-bond acceptors (Lipinski definition) is 4. The Labute approximate surface area is 213 Å². The van der Waals surface area contributed by atoms with Gasteiger partial charge >= 0.3 is 10.2 Å². The van der Waals surface area contributed by atoms with Crippen LogP contribution in [0.2, 0.25) is 0 Å². The highest BCUT2D eigenvalue weighted by atomic mass is 32.5. The fourth-order valence-electron chi connectivity index (χ4n) is 4.45. The number of aryl methyl sites for hydroxylation is 1. The fourth-order valence-corrected chi connectivity index (χ4v) is 5.14. The van der Waals surface area contributed by atoms with E-state index in [0.717, 1.165) is 11.8 Å². The normalized spacial score (nSPS) is 16.5. The molecule has 0 aliphatic carbocycles. The van der Waals surface area contributed by atoms with Crippen LogP contribution in [0, 0.1) is 6.92 Å². The van der Waals surface area contributed by atoms with E-state index >= 15 is 0 Å². The van der Waals surface area contributed by atoms with Crippen LogP contribution >= 0.6 is 10.2 Å². The Hall–Kier alpha value is -4.00. The molecule has 0 bridgehead atoms. The Bertz CT molecular complexity index is 1650. The zero-order chi connectivity index (χ0) is 27.5. The van der Waals surface area contributed by atoms with E-state index in [1.54, 1.807) is 42.8 Å². The Morgan fingerprint density at radius 1 is 0.947 bits per heavy atom. The third-order valence-electron chi connectivity index (χ3n) is 6.43. The molecule has 200 valence electrons.